The van der Waals surface area contributed by atoms with Crippen molar-refractivity contribution in [1.82, 2.24) is 4.90 Å². The molecule has 0 spiro atoms. The summed E-state index contributed by atoms with van der Waals surface area (Å²) >= 11 is 0. The zero-order valence-electron chi connectivity index (χ0n) is 21.6. The van der Waals surface area contributed by atoms with E-state index in [4.69, 9.17) is 4.74 Å². The van der Waals surface area contributed by atoms with Crippen molar-refractivity contribution in [3.8, 4) is 11.1 Å². The number of hydrogen-bond acceptors (Lipinski definition) is 5. The van der Waals surface area contributed by atoms with Crippen LogP contribution in [0.4, 0.5) is 23.2 Å². The second-order valence-corrected chi connectivity index (χ2v) is 11.4. The third kappa shape index (κ3) is 6.25. The van der Waals surface area contributed by atoms with E-state index in [2.05, 4.69) is 0 Å². The highest BCUT2D eigenvalue weighted by Crippen LogP contribution is 2.38. The Morgan fingerprint density at radius 1 is 0.949 bits per heavy atom. The summed E-state index contributed by atoms with van der Waals surface area (Å²) in [5, 5.41) is 0. The number of sulfone groups is 1. The minimum absolute atomic E-state index is 0.0274. The van der Waals surface area contributed by atoms with E-state index in [1.54, 1.807) is 17.9 Å². The van der Waals surface area contributed by atoms with Crippen LogP contribution in [-0.4, -0.2) is 58.8 Å². The fraction of sp³-hybridized carbons (Fsp3) is 0.321. The molecule has 1 fully saturated rings. The van der Waals surface area contributed by atoms with Crippen LogP contribution in [0, 0.1) is 5.82 Å². The van der Waals surface area contributed by atoms with Gasteiger partial charge in [0, 0.05) is 50.8 Å². The predicted molar refractivity (Wildman–Crippen MR) is 140 cm³/mol. The van der Waals surface area contributed by atoms with E-state index >= 15 is 0 Å². The van der Waals surface area contributed by atoms with Gasteiger partial charge in [-0.1, -0.05) is 24.3 Å². The number of methoxy groups -OCH3 is 1. The van der Waals surface area contributed by atoms with E-state index in [1.807, 2.05) is 0 Å². The van der Waals surface area contributed by atoms with Crippen LogP contribution in [0.3, 0.4) is 0 Å². The van der Waals surface area contributed by atoms with Gasteiger partial charge in [-0.2, -0.15) is 13.2 Å². The Balaban J connectivity index is 1.60. The summed E-state index contributed by atoms with van der Waals surface area (Å²) in [4.78, 5) is 16.9. The van der Waals surface area contributed by atoms with Gasteiger partial charge in [-0.3, -0.25) is 4.79 Å². The first-order valence-electron chi connectivity index (χ1n) is 12.2. The molecule has 4 rings (SSSR count). The molecule has 6 nitrogen and oxygen atoms in total. The summed E-state index contributed by atoms with van der Waals surface area (Å²) in [6, 6.07) is 13.9. The highest BCUT2D eigenvalue weighted by molar-refractivity contribution is 7.90. The molecule has 1 atom stereocenters. The molecular weight excluding hydrogens is 536 g/mol. The number of carbonyl (C=O) groups is 1. The van der Waals surface area contributed by atoms with Crippen molar-refractivity contribution in [2.45, 2.75) is 24.1 Å². The van der Waals surface area contributed by atoms with Gasteiger partial charge >= 0.3 is 6.18 Å². The summed E-state index contributed by atoms with van der Waals surface area (Å²) in [5.41, 5.74) is 0.801. The molecule has 1 saturated heterocycles. The maximum atomic E-state index is 13.8. The number of halogens is 4. The highest BCUT2D eigenvalue weighted by Gasteiger charge is 2.36. The van der Waals surface area contributed by atoms with Crippen LogP contribution in [0.2, 0.25) is 0 Å². The van der Waals surface area contributed by atoms with Crippen LogP contribution in [0.25, 0.3) is 11.1 Å². The van der Waals surface area contributed by atoms with E-state index < -0.39 is 39.4 Å². The molecule has 1 heterocycles. The van der Waals surface area contributed by atoms with Crippen molar-refractivity contribution >= 4 is 21.4 Å². The molecule has 1 aliphatic heterocycles. The first kappa shape index (κ1) is 28.6. The average Bonchev–Trinajstić information content (AvgIpc) is 2.91. The number of carbonyl (C=O) groups excluding carboxylic acids is 1. The average molecular weight is 565 g/mol. The smallest absolute Gasteiger partial charge is 0.377 e. The van der Waals surface area contributed by atoms with Crippen molar-refractivity contribution in [2.75, 3.05) is 44.4 Å². The van der Waals surface area contributed by atoms with Gasteiger partial charge in [0.05, 0.1) is 16.6 Å². The molecular formula is C28H28F4N2O4S. The third-order valence-electron chi connectivity index (χ3n) is 6.87. The second kappa shape index (κ2) is 11.0. The molecule has 0 radical (unpaired) electrons. The van der Waals surface area contributed by atoms with Crippen LogP contribution >= 0.6 is 0 Å². The summed E-state index contributed by atoms with van der Waals surface area (Å²) < 4.78 is 84.3. The maximum absolute atomic E-state index is 13.8. The molecule has 208 valence electrons. The van der Waals surface area contributed by atoms with E-state index in [9.17, 15) is 30.8 Å². The Bertz CT molecular complexity index is 1470. The van der Waals surface area contributed by atoms with Gasteiger partial charge in [0.1, 0.15) is 5.82 Å². The molecule has 3 aromatic rings. The molecule has 3 aromatic carbocycles. The van der Waals surface area contributed by atoms with Crippen LogP contribution in [0.15, 0.2) is 65.6 Å². The normalized spacial score (nSPS) is 15.4. The minimum atomic E-state index is -4.56. The lowest BCUT2D eigenvalue weighted by Crippen LogP contribution is -2.49. The van der Waals surface area contributed by atoms with Crippen molar-refractivity contribution in [3.63, 3.8) is 0 Å². The number of amides is 1. The Kier molecular flexibility index (Phi) is 8.04. The standard InChI is InChI=1S/C28H28F4N2O4S/c1-18(38-2)23-10-8-21(16-26(23)28(30,31)32)33-12-14-34(15-13-33)27(35)25-17-22(39(3,36)37)9-11-24(25)19-4-6-20(29)7-5-19/h4-11,16-18H,12-15H2,1-3H3. The topological polar surface area (TPSA) is 66.9 Å². The van der Waals surface area contributed by atoms with Gasteiger partial charge in [0.15, 0.2) is 9.84 Å². The molecule has 1 aliphatic rings. The van der Waals surface area contributed by atoms with Crippen molar-refractivity contribution in [2.24, 2.45) is 0 Å². The van der Waals surface area contributed by atoms with Gasteiger partial charge in [-0.15, -0.1) is 0 Å². The summed E-state index contributed by atoms with van der Waals surface area (Å²) in [6.07, 6.45) is -4.25. The molecule has 0 bridgehead atoms. The highest BCUT2D eigenvalue weighted by atomic mass is 32.2. The van der Waals surface area contributed by atoms with Crippen molar-refractivity contribution < 1.29 is 35.5 Å². The van der Waals surface area contributed by atoms with Crippen molar-refractivity contribution in [3.05, 3.63) is 83.2 Å². The largest absolute Gasteiger partial charge is 0.416 e. The van der Waals surface area contributed by atoms with Gasteiger partial charge in [-0.25, -0.2) is 12.8 Å². The van der Waals surface area contributed by atoms with Crippen LogP contribution in [-0.2, 0) is 20.8 Å². The number of piperazine rings is 1. The number of alkyl halides is 3. The van der Waals surface area contributed by atoms with E-state index in [-0.39, 0.29) is 42.2 Å². The summed E-state index contributed by atoms with van der Waals surface area (Å²) in [6.45, 7) is 2.53. The first-order valence-corrected chi connectivity index (χ1v) is 14.1. The summed E-state index contributed by atoms with van der Waals surface area (Å²) in [7, 11) is -2.26. The fourth-order valence-corrected chi connectivity index (χ4v) is 5.27. The van der Waals surface area contributed by atoms with Crippen LogP contribution in [0.1, 0.15) is 34.5 Å². The number of rotatable bonds is 6. The van der Waals surface area contributed by atoms with Crippen LogP contribution in [0.5, 0.6) is 0 Å². The second-order valence-electron chi connectivity index (χ2n) is 9.41. The van der Waals surface area contributed by atoms with Gasteiger partial charge in [0.2, 0.25) is 0 Å². The molecule has 0 aromatic heterocycles. The van der Waals surface area contributed by atoms with E-state index in [0.29, 0.717) is 16.8 Å². The first-order chi connectivity index (χ1) is 18.3. The van der Waals surface area contributed by atoms with Gasteiger partial charge in [0.25, 0.3) is 5.91 Å². The third-order valence-corrected chi connectivity index (χ3v) is 7.98. The Hall–Kier alpha value is -3.44. The lowest BCUT2D eigenvalue weighted by molar-refractivity contribution is -0.139. The number of anilines is 1. The molecule has 1 unspecified atom stereocenters. The SMILES string of the molecule is COC(C)c1ccc(N2CCN(C(=O)c3cc(S(C)(=O)=O)ccc3-c3ccc(F)cc3)CC2)cc1C(F)(F)F. The molecule has 11 heteroatoms. The van der Waals surface area contributed by atoms with Gasteiger partial charge in [-0.05, 0) is 60.0 Å². The van der Waals surface area contributed by atoms with E-state index in [0.717, 1.165) is 12.3 Å². The lowest BCUT2D eigenvalue weighted by Gasteiger charge is -2.37. The fourth-order valence-electron chi connectivity index (χ4n) is 4.62. The summed E-state index contributed by atoms with van der Waals surface area (Å²) in [5.74, 6) is -0.867. The Morgan fingerprint density at radius 3 is 2.15 bits per heavy atom. The monoisotopic (exact) mass is 564 g/mol. The Morgan fingerprint density at radius 2 is 1.59 bits per heavy atom. The quantitative estimate of drug-likeness (QED) is 0.366. The number of ether oxygens (including phenoxy) is 1. The zero-order valence-corrected chi connectivity index (χ0v) is 22.4. The maximum Gasteiger partial charge on any atom is 0.416 e. The molecule has 0 aliphatic carbocycles. The molecule has 0 saturated carbocycles. The minimum Gasteiger partial charge on any atom is -0.377 e. The molecule has 1 amide bonds. The van der Waals surface area contributed by atoms with Crippen LogP contribution < -0.4 is 4.90 Å². The zero-order chi connectivity index (χ0) is 28.5. The molecule has 0 N–H and O–H groups in total. The lowest BCUT2D eigenvalue weighted by atomic mass is 9.98. The molecule has 39 heavy (non-hydrogen) atoms. The van der Waals surface area contributed by atoms with Crippen molar-refractivity contribution in [1.29, 1.82) is 0 Å². The Labute approximate surface area is 224 Å². The van der Waals surface area contributed by atoms with Gasteiger partial charge < -0.3 is 14.5 Å². The number of hydrogen-bond donors (Lipinski definition) is 0. The number of nitrogens with zero attached hydrogens (tertiary/aromatic N) is 2. The number of benzene rings is 3. The predicted octanol–water partition coefficient (Wildman–Crippen LogP) is 5.58. The van der Waals surface area contributed by atoms with E-state index in [1.165, 1.54) is 60.5 Å².